The van der Waals surface area contributed by atoms with Gasteiger partial charge in [-0.2, -0.15) is 0 Å². The van der Waals surface area contributed by atoms with E-state index in [9.17, 15) is 4.79 Å². The predicted molar refractivity (Wildman–Crippen MR) is 118 cm³/mol. The van der Waals surface area contributed by atoms with Gasteiger partial charge in [0.2, 0.25) is 0 Å². The lowest BCUT2D eigenvalue weighted by molar-refractivity contribution is 0.0954. The molecule has 1 rings (SSSR count). The fraction of sp³-hybridized carbons (Fsp3) is 0.556. The molecule has 0 saturated carbocycles. The van der Waals surface area contributed by atoms with Crippen LogP contribution >= 0.6 is 24.0 Å². The molecule has 1 amide bonds. The summed E-state index contributed by atoms with van der Waals surface area (Å²) >= 11 is 0. The van der Waals surface area contributed by atoms with E-state index < -0.39 is 0 Å². The Morgan fingerprint density at radius 1 is 1.08 bits per heavy atom. The minimum Gasteiger partial charge on any atom is -0.385 e. The molecule has 1 aromatic rings. The first-order valence-corrected chi connectivity index (χ1v) is 8.62. The van der Waals surface area contributed by atoms with Gasteiger partial charge >= 0.3 is 0 Å². The molecule has 0 spiro atoms. The Balaban J connectivity index is 0.00000625. The maximum atomic E-state index is 11.9. The fourth-order valence-corrected chi connectivity index (χ4v) is 2.22. The van der Waals surface area contributed by atoms with Crippen molar-refractivity contribution in [3.05, 3.63) is 35.9 Å². The molecule has 0 aliphatic carbocycles. The lowest BCUT2D eigenvalue weighted by Gasteiger charge is -2.18. The minimum absolute atomic E-state index is 0. The zero-order valence-electron chi connectivity index (χ0n) is 16.0. The van der Waals surface area contributed by atoms with E-state index in [-0.39, 0.29) is 29.9 Å². The molecule has 148 valence electrons. The molecule has 26 heavy (non-hydrogen) atoms. The average molecular weight is 477 g/mol. The third kappa shape index (κ3) is 11.3. The van der Waals surface area contributed by atoms with Crippen LogP contribution in [0.4, 0.5) is 0 Å². The molecule has 3 N–H and O–H groups in total. The number of benzene rings is 1. The number of rotatable bonds is 11. The van der Waals surface area contributed by atoms with Crippen LogP contribution in [-0.4, -0.2) is 77.3 Å². The summed E-state index contributed by atoms with van der Waals surface area (Å²) in [4.78, 5) is 18.3. The summed E-state index contributed by atoms with van der Waals surface area (Å²) in [5, 5.41) is 9.33. The van der Waals surface area contributed by atoms with Crippen LogP contribution in [0.15, 0.2) is 35.3 Å². The Morgan fingerprint density at radius 3 is 2.38 bits per heavy atom. The fourth-order valence-electron chi connectivity index (χ4n) is 2.22. The van der Waals surface area contributed by atoms with Gasteiger partial charge in [-0.3, -0.25) is 9.79 Å². The number of nitrogens with one attached hydrogen (secondary N) is 3. The summed E-state index contributed by atoms with van der Waals surface area (Å²) in [6.07, 6.45) is 1.03. The van der Waals surface area contributed by atoms with Crippen molar-refractivity contribution in [3.63, 3.8) is 0 Å². The Bertz CT molecular complexity index is 514. The summed E-state index contributed by atoms with van der Waals surface area (Å²) in [5.41, 5.74) is 0.668. The van der Waals surface area contributed by atoms with Gasteiger partial charge in [0.15, 0.2) is 5.96 Å². The van der Waals surface area contributed by atoms with Gasteiger partial charge in [-0.05, 0) is 25.6 Å². The molecule has 0 unspecified atom stereocenters. The molecule has 0 aromatic heterocycles. The van der Waals surface area contributed by atoms with Crippen molar-refractivity contribution in [1.82, 2.24) is 20.9 Å². The molecule has 0 heterocycles. The van der Waals surface area contributed by atoms with Crippen LogP contribution in [0, 0.1) is 0 Å². The molecule has 0 radical (unpaired) electrons. The number of hydrogen-bond donors (Lipinski definition) is 3. The van der Waals surface area contributed by atoms with Gasteiger partial charge in [-0.25, -0.2) is 0 Å². The molecule has 0 aliphatic heterocycles. The van der Waals surface area contributed by atoms with Gasteiger partial charge in [0, 0.05) is 59.1 Å². The van der Waals surface area contributed by atoms with Crippen LogP contribution in [0.25, 0.3) is 0 Å². The van der Waals surface area contributed by atoms with E-state index in [1.165, 1.54) is 0 Å². The molecule has 0 fully saturated rings. The number of halogens is 1. The van der Waals surface area contributed by atoms with E-state index in [4.69, 9.17) is 4.74 Å². The van der Waals surface area contributed by atoms with Crippen LogP contribution in [0.3, 0.4) is 0 Å². The van der Waals surface area contributed by atoms with Gasteiger partial charge < -0.3 is 25.6 Å². The lowest BCUT2D eigenvalue weighted by atomic mass is 10.2. The maximum absolute atomic E-state index is 11.9. The monoisotopic (exact) mass is 477 g/mol. The maximum Gasteiger partial charge on any atom is 0.251 e. The van der Waals surface area contributed by atoms with E-state index >= 15 is 0 Å². The van der Waals surface area contributed by atoms with Gasteiger partial charge in [0.25, 0.3) is 5.91 Å². The highest BCUT2D eigenvalue weighted by atomic mass is 127. The van der Waals surface area contributed by atoms with Crippen LogP contribution in [0.5, 0.6) is 0 Å². The van der Waals surface area contributed by atoms with Gasteiger partial charge in [0.05, 0.1) is 0 Å². The summed E-state index contributed by atoms with van der Waals surface area (Å²) in [6.45, 7) is 4.67. The van der Waals surface area contributed by atoms with E-state index in [1.54, 1.807) is 26.3 Å². The molecule has 7 nitrogen and oxygen atoms in total. The van der Waals surface area contributed by atoms with Gasteiger partial charge in [0.1, 0.15) is 0 Å². The molecule has 0 bridgehead atoms. The first-order chi connectivity index (χ1) is 12.2. The minimum atomic E-state index is -0.0666. The van der Waals surface area contributed by atoms with Crippen LogP contribution in [-0.2, 0) is 4.74 Å². The van der Waals surface area contributed by atoms with Gasteiger partial charge in [-0.1, -0.05) is 18.2 Å². The number of carbonyl (C=O) groups excluding carboxylic acids is 1. The number of ether oxygens (including phenoxy) is 1. The van der Waals surface area contributed by atoms with Crippen molar-refractivity contribution in [1.29, 1.82) is 0 Å². The Morgan fingerprint density at radius 2 is 1.73 bits per heavy atom. The zero-order chi connectivity index (χ0) is 18.3. The number of aliphatic imine (C=N–C) groups is 1. The summed E-state index contributed by atoms with van der Waals surface area (Å²) in [6, 6.07) is 9.19. The third-order valence-corrected chi connectivity index (χ3v) is 3.64. The first kappa shape index (κ1) is 24.6. The Kier molecular flexibility index (Phi) is 15.0. The standard InChI is InChI=1S/C18H31N5O2.HI/c1-19-18(22-12-14-23(2)13-7-15-25-3)21-11-10-20-17(24)16-8-5-4-6-9-16;/h4-6,8-9H,7,10-15H2,1-3H3,(H,20,24)(H2,19,21,22);1H. The number of amides is 1. The van der Waals surface area contributed by atoms with Crippen molar-refractivity contribution in [2.75, 3.05) is 60.5 Å². The highest BCUT2D eigenvalue weighted by Gasteiger charge is 2.04. The second-order valence-electron chi connectivity index (χ2n) is 5.70. The largest absolute Gasteiger partial charge is 0.385 e. The van der Waals surface area contributed by atoms with Crippen molar-refractivity contribution >= 4 is 35.8 Å². The summed E-state index contributed by atoms with van der Waals surface area (Å²) < 4.78 is 5.05. The van der Waals surface area contributed by atoms with E-state index in [2.05, 4.69) is 32.9 Å². The second kappa shape index (κ2) is 15.8. The number of carbonyl (C=O) groups is 1. The van der Waals surface area contributed by atoms with Crippen molar-refractivity contribution in [2.45, 2.75) is 6.42 Å². The van der Waals surface area contributed by atoms with E-state index in [0.29, 0.717) is 18.7 Å². The topological polar surface area (TPSA) is 78.0 Å². The normalized spacial score (nSPS) is 11.0. The number of guanidine groups is 1. The number of likely N-dealkylation sites (N-methyl/N-ethyl adjacent to an activating group) is 1. The molecule has 8 heteroatoms. The molecule has 0 aliphatic rings. The number of nitrogens with zero attached hydrogens (tertiary/aromatic N) is 2. The lowest BCUT2D eigenvalue weighted by Crippen LogP contribution is -2.43. The van der Waals surface area contributed by atoms with Crippen LogP contribution in [0.2, 0.25) is 0 Å². The summed E-state index contributed by atoms with van der Waals surface area (Å²) in [5.74, 6) is 0.669. The SMILES string of the molecule is CN=C(NCCNC(=O)c1ccccc1)NCCN(C)CCCOC.I. The first-order valence-electron chi connectivity index (χ1n) is 8.62. The smallest absolute Gasteiger partial charge is 0.251 e. The van der Waals surface area contributed by atoms with Crippen LogP contribution < -0.4 is 16.0 Å². The molecule has 0 atom stereocenters. The van der Waals surface area contributed by atoms with Crippen molar-refractivity contribution < 1.29 is 9.53 Å². The average Bonchev–Trinajstić information content (AvgIpc) is 2.64. The quantitative estimate of drug-likeness (QED) is 0.193. The number of hydrogen-bond acceptors (Lipinski definition) is 4. The second-order valence-corrected chi connectivity index (χ2v) is 5.70. The number of methoxy groups -OCH3 is 1. The third-order valence-electron chi connectivity index (χ3n) is 3.64. The Labute approximate surface area is 174 Å². The Hall–Kier alpha value is -1.39. The highest BCUT2D eigenvalue weighted by molar-refractivity contribution is 14.0. The molecular weight excluding hydrogens is 445 g/mol. The molecule has 1 aromatic carbocycles. The van der Waals surface area contributed by atoms with Crippen molar-refractivity contribution in [2.24, 2.45) is 4.99 Å². The van der Waals surface area contributed by atoms with Gasteiger partial charge in [-0.15, -0.1) is 24.0 Å². The molecule has 0 saturated heterocycles. The summed E-state index contributed by atoms with van der Waals surface area (Å²) in [7, 11) is 5.55. The van der Waals surface area contributed by atoms with E-state index in [1.807, 2.05) is 18.2 Å². The van der Waals surface area contributed by atoms with E-state index in [0.717, 1.165) is 38.6 Å². The van der Waals surface area contributed by atoms with Crippen molar-refractivity contribution in [3.8, 4) is 0 Å². The van der Waals surface area contributed by atoms with Crippen LogP contribution in [0.1, 0.15) is 16.8 Å². The highest BCUT2D eigenvalue weighted by Crippen LogP contribution is 1.96. The molecular formula is C18H32IN5O2. The zero-order valence-corrected chi connectivity index (χ0v) is 18.3. The predicted octanol–water partition coefficient (Wildman–Crippen LogP) is 1.17.